The molecule has 0 radical (unpaired) electrons. The third-order valence-electron chi connectivity index (χ3n) is 4.76. The van der Waals surface area contributed by atoms with E-state index in [-0.39, 0.29) is 11.5 Å². The van der Waals surface area contributed by atoms with Crippen LogP contribution in [0.25, 0.3) is 11.7 Å². The van der Waals surface area contributed by atoms with Crippen LogP contribution in [0, 0.1) is 5.92 Å². The van der Waals surface area contributed by atoms with E-state index in [1.165, 1.54) is 16.2 Å². The molecule has 2 aliphatic heterocycles. The van der Waals surface area contributed by atoms with Gasteiger partial charge in [0, 0.05) is 37.3 Å². The minimum atomic E-state index is -0.169. The van der Waals surface area contributed by atoms with Crippen LogP contribution in [0.3, 0.4) is 0 Å². The lowest BCUT2D eigenvalue weighted by atomic mass is 10.2. The molecular weight excluding hydrogens is 424 g/mol. The lowest BCUT2D eigenvalue weighted by Crippen LogP contribution is -2.36. The lowest BCUT2D eigenvalue weighted by molar-refractivity contribution is -0.122. The highest BCUT2D eigenvalue weighted by atomic mass is 32.2. The Kier molecular flexibility index (Phi) is 5.98. The van der Waals surface area contributed by atoms with Gasteiger partial charge < -0.3 is 4.90 Å². The predicted octanol–water partition coefficient (Wildman–Crippen LogP) is 3.10. The zero-order chi connectivity index (χ0) is 20.5. The second kappa shape index (κ2) is 8.49. The van der Waals surface area contributed by atoms with Gasteiger partial charge >= 0.3 is 0 Å². The number of anilines is 1. The van der Waals surface area contributed by atoms with Crippen molar-refractivity contribution in [1.29, 1.82) is 0 Å². The molecule has 2 fully saturated rings. The van der Waals surface area contributed by atoms with Crippen LogP contribution in [0.5, 0.6) is 0 Å². The molecule has 1 amide bonds. The molecule has 0 N–H and O–H groups in total. The van der Waals surface area contributed by atoms with Gasteiger partial charge in [0.25, 0.3) is 11.5 Å². The molecule has 0 atom stereocenters. The lowest BCUT2D eigenvalue weighted by Gasteiger charge is -2.28. The average molecular weight is 447 g/mol. The molecule has 0 unspecified atom stereocenters. The first kappa shape index (κ1) is 20.4. The molecule has 6 nitrogen and oxygen atoms in total. The topological polar surface area (TPSA) is 57.9 Å². The number of fused-ring (bicyclic) bond motifs is 1. The first-order chi connectivity index (χ1) is 14.0. The second-order valence-electron chi connectivity index (χ2n) is 7.37. The van der Waals surface area contributed by atoms with Crippen molar-refractivity contribution < 1.29 is 4.79 Å². The zero-order valence-corrected chi connectivity index (χ0v) is 18.8. The van der Waals surface area contributed by atoms with Gasteiger partial charge in [0.15, 0.2) is 0 Å². The molecule has 0 aliphatic carbocycles. The summed E-state index contributed by atoms with van der Waals surface area (Å²) in [6.45, 7) is 6.33. The molecule has 2 aromatic heterocycles. The molecule has 152 valence electrons. The van der Waals surface area contributed by atoms with Crippen LogP contribution in [0.15, 0.2) is 34.1 Å². The highest BCUT2D eigenvalue weighted by Gasteiger charge is 2.33. The first-order valence-electron chi connectivity index (χ1n) is 9.55. The smallest absolute Gasteiger partial charge is 0.267 e. The number of pyridine rings is 1. The van der Waals surface area contributed by atoms with Crippen LogP contribution >= 0.6 is 35.7 Å². The third-order valence-corrected chi connectivity index (χ3v) is 7.08. The summed E-state index contributed by atoms with van der Waals surface area (Å²) in [6, 6.07) is 5.50. The highest BCUT2D eigenvalue weighted by Crippen LogP contribution is 2.34. The Balaban J connectivity index is 1.83. The van der Waals surface area contributed by atoms with Crippen molar-refractivity contribution in [1.82, 2.24) is 14.3 Å². The molecule has 2 saturated heterocycles. The number of nitrogens with zero attached hydrogens (tertiary/aromatic N) is 4. The van der Waals surface area contributed by atoms with Crippen molar-refractivity contribution >= 4 is 63.5 Å². The van der Waals surface area contributed by atoms with Crippen LogP contribution in [0.4, 0.5) is 5.82 Å². The monoisotopic (exact) mass is 446 g/mol. The largest absolute Gasteiger partial charge is 0.354 e. The van der Waals surface area contributed by atoms with Gasteiger partial charge in [-0.25, -0.2) is 4.98 Å². The summed E-state index contributed by atoms with van der Waals surface area (Å²) in [5.74, 6) is 2.81. The van der Waals surface area contributed by atoms with Crippen molar-refractivity contribution in [3.63, 3.8) is 0 Å². The Morgan fingerprint density at radius 3 is 2.72 bits per heavy atom. The fraction of sp³-hybridized carbons (Fsp3) is 0.400. The van der Waals surface area contributed by atoms with E-state index in [0.29, 0.717) is 38.7 Å². The summed E-state index contributed by atoms with van der Waals surface area (Å²) < 4.78 is 2.07. The number of hydrogen-bond donors (Lipinski definition) is 0. The molecular formula is C20H22N4O2S3. The summed E-state index contributed by atoms with van der Waals surface area (Å²) in [6.07, 6.45) is 3.40. The van der Waals surface area contributed by atoms with Crippen molar-refractivity contribution in [2.45, 2.75) is 13.8 Å². The highest BCUT2D eigenvalue weighted by molar-refractivity contribution is 8.26. The number of thioether (sulfide) groups is 2. The predicted molar refractivity (Wildman–Crippen MR) is 126 cm³/mol. The van der Waals surface area contributed by atoms with Gasteiger partial charge in [0.1, 0.15) is 15.8 Å². The average Bonchev–Trinajstić information content (AvgIpc) is 2.97. The van der Waals surface area contributed by atoms with E-state index in [0.717, 1.165) is 24.6 Å². The Bertz CT molecular complexity index is 1060. The molecule has 2 aromatic rings. The Morgan fingerprint density at radius 2 is 2.00 bits per heavy atom. The van der Waals surface area contributed by atoms with Gasteiger partial charge in [0.2, 0.25) is 0 Å². The molecule has 0 spiro atoms. The van der Waals surface area contributed by atoms with Crippen molar-refractivity contribution in [2.24, 2.45) is 5.92 Å². The SMILES string of the molecule is CC(C)CN1C(=O)C(=Cc2c(N3CCSCC3)nc3ccccn3c2=O)SC1=S. The Hall–Kier alpha value is -1.84. The van der Waals surface area contributed by atoms with E-state index in [1.54, 1.807) is 23.2 Å². The third kappa shape index (κ3) is 4.08. The summed E-state index contributed by atoms with van der Waals surface area (Å²) in [4.78, 5) is 35.3. The maximum atomic E-state index is 13.3. The standard InChI is InChI=1S/C20H22N4O2S3/c1-13(2)12-24-19(26)15(29-20(24)27)11-14-17(22-7-9-28-10-8-22)21-16-5-3-4-6-23(16)18(14)25/h3-6,11,13H,7-10,12H2,1-2H3. The molecule has 4 heterocycles. The number of carbonyl (C=O) groups is 1. The van der Waals surface area contributed by atoms with Gasteiger partial charge in [-0.05, 0) is 24.1 Å². The number of thiocarbonyl (C=S) groups is 1. The first-order valence-corrected chi connectivity index (χ1v) is 11.9. The fourth-order valence-corrected chi connectivity index (χ4v) is 5.55. The molecule has 29 heavy (non-hydrogen) atoms. The number of rotatable bonds is 4. The molecule has 2 aliphatic rings. The van der Waals surface area contributed by atoms with Gasteiger partial charge in [-0.3, -0.25) is 18.9 Å². The van der Waals surface area contributed by atoms with Crippen LogP contribution in [0.2, 0.25) is 0 Å². The Labute approximate surface area is 183 Å². The number of hydrogen-bond acceptors (Lipinski definition) is 7. The molecule has 0 aromatic carbocycles. The maximum Gasteiger partial charge on any atom is 0.267 e. The van der Waals surface area contributed by atoms with Gasteiger partial charge in [-0.1, -0.05) is 43.9 Å². The van der Waals surface area contributed by atoms with Crippen LogP contribution in [-0.4, -0.2) is 55.7 Å². The zero-order valence-electron chi connectivity index (χ0n) is 16.3. The van der Waals surface area contributed by atoms with E-state index in [2.05, 4.69) is 4.90 Å². The van der Waals surface area contributed by atoms with Crippen molar-refractivity contribution in [2.75, 3.05) is 36.0 Å². The van der Waals surface area contributed by atoms with Crippen molar-refractivity contribution in [3.8, 4) is 0 Å². The van der Waals surface area contributed by atoms with E-state index in [1.807, 2.05) is 37.7 Å². The van der Waals surface area contributed by atoms with E-state index < -0.39 is 0 Å². The summed E-state index contributed by atoms with van der Waals surface area (Å²) in [5.41, 5.74) is 0.888. The van der Waals surface area contributed by atoms with Crippen LogP contribution in [0.1, 0.15) is 19.4 Å². The molecule has 0 bridgehead atoms. The summed E-state index contributed by atoms with van der Waals surface area (Å²) >= 11 is 8.57. The van der Waals surface area contributed by atoms with E-state index >= 15 is 0 Å². The number of aromatic nitrogens is 2. The fourth-order valence-electron chi connectivity index (χ4n) is 3.39. The molecule has 4 rings (SSSR count). The van der Waals surface area contributed by atoms with Crippen LogP contribution < -0.4 is 10.5 Å². The second-order valence-corrected chi connectivity index (χ2v) is 10.3. The van der Waals surface area contributed by atoms with E-state index in [4.69, 9.17) is 17.2 Å². The molecule has 9 heteroatoms. The number of carbonyl (C=O) groups excluding carboxylic acids is 1. The van der Waals surface area contributed by atoms with Crippen molar-refractivity contribution in [3.05, 3.63) is 45.2 Å². The normalized spacial score (nSPS) is 19.2. The summed E-state index contributed by atoms with van der Waals surface area (Å²) in [7, 11) is 0. The van der Waals surface area contributed by atoms with Gasteiger partial charge in [-0.2, -0.15) is 11.8 Å². The summed E-state index contributed by atoms with van der Waals surface area (Å²) in [5, 5.41) is 0. The molecule has 0 saturated carbocycles. The maximum absolute atomic E-state index is 13.3. The van der Waals surface area contributed by atoms with Gasteiger partial charge in [0.05, 0.1) is 10.5 Å². The minimum absolute atomic E-state index is 0.133. The number of amides is 1. The quantitative estimate of drug-likeness (QED) is 0.528. The van der Waals surface area contributed by atoms with Crippen LogP contribution in [-0.2, 0) is 4.79 Å². The van der Waals surface area contributed by atoms with E-state index in [9.17, 15) is 9.59 Å². The minimum Gasteiger partial charge on any atom is -0.354 e. The van der Waals surface area contributed by atoms with Gasteiger partial charge in [-0.15, -0.1) is 0 Å². The Morgan fingerprint density at radius 1 is 1.24 bits per heavy atom.